The van der Waals surface area contributed by atoms with Crippen LogP contribution in [0.15, 0.2) is 276 Å². The van der Waals surface area contributed by atoms with Crippen LogP contribution in [0.4, 0.5) is 0 Å². The monoisotopic (exact) mass is 964 g/mol. The van der Waals surface area contributed by atoms with Crippen molar-refractivity contribution in [1.29, 1.82) is 0 Å². The molecule has 352 valence electrons. The molecule has 2 aromatic heterocycles. The third-order valence-corrected chi connectivity index (χ3v) is 16.0. The van der Waals surface area contributed by atoms with Crippen LogP contribution in [0, 0.1) is 0 Å². The van der Waals surface area contributed by atoms with Gasteiger partial charge in [0.2, 0.25) is 0 Å². The van der Waals surface area contributed by atoms with Crippen molar-refractivity contribution in [2.24, 2.45) is 0 Å². The van der Waals surface area contributed by atoms with Gasteiger partial charge in [-0.15, -0.1) is 0 Å². The Morgan fingerprint density at radius 1 is 0.158 bits per heavy atom. The van der Waals surface area contributed by atoms with Gasteiger partial charge in [-0.25, -0.2) is 0 Å². The van der Waals surface area contributed by atoms with Crippen molar-refractivity contribution in [3.8, 4) is 66.8 Å². The summed E-state index contributed by atoms with van der Waals surface area (Å²) in [4.78, 5) is 0. The molecule has 0 N–H and O–H groups in total. The third kappa shape index (κ3) is 6.61. The molecule has 76 heavy (non-hydrogen) atoms. The highest BCUT2D eigenvalue weighted by Gasteiger charge is 2.20. The first-order chi connectivity index (χ1) is 37.7. The van der Waals surface area contributed by atoms with Gasteiger partial charge in [0.1, 0.15) is 22.3 Å². The summed E-state index contributed by atoms with van der Waals surface area (Å²) >= 11 is 0. The Hall–Kier alpha value is -10.0. The average molecular weight is 965 g/mol. The average Bonchev–Trinajstić information content (AvgIpc) is 4.09. The van der Waals surface area contributed by atoms with E-state index in [9.17, 15) is 0 Å². The number of hydrogen-bond acceptors (Lipinski definition) is 2. The molecule has 2 heteroatoms. The summed E-state index contributed by atoms with van der Waals surface area (Å²) in [6, 6.07) is 97.1. The van der Waals surface area contributed by atoms with E-state index in [-0.39, 0.29) is 0 Å². The first-order valence-corrected chi connectivity index (χ1v) is 26.1. The van der Waals surface area contributed by atoms with E-state index in [0.717, 1.165) is 76.9 Å². The molecule has 0 aliphatic carbocycles. The lowest BCUT2D eigenvalue weighted by Gasteiger charge is -2.18. The van der Waals surface area contributed by atoms with E-state index < -0.39 is 0 Å². The highest BCUT2D eigenvalue weighted by Crippen LogP contribution is 2.47. The molecule has 2 nitrogen and oxygen atoms in total. The molecule has 16 aromatic rings. The zero-order valence-electron chi connectivity index (χ0n) is 41.2. The quantitative estimate of drug-likeness (QED) is 0.155. The lowest BCUT2D eigenvalue weighted by molar-refractivity contribution is 0.669. The number of hydrogen-bond donors (Lipinski definition) is 0. The van der Waals surface area contributed by atoms with Gasteiger partial charge >= 0.3 is 0 Å². The topological polar surface area (TPSA) is 26.3 Å². The van der Waals surface area contributed by atoms with Crippen LogP contribution in [0.3, 0.4) is 0 Å². The molecule has 0 aliphatic rings. The standard InChI is InChI=1S/C74H44O2/c1-3-17-45(18-4-1)71-57-25-7-11-29-61(57)73(62-30-12-8-26-58(62)71)51-23-15-21-47(37-51)49-33-35-55-65-39-53-40-66-56-36-34-50(42-68(56)76-70(66)44-54(53)43-69(65)75-67(55)41-49)48-22-16-24-52(38-48)74-63-31-13-9-27-59(63)72(46-19-5-2-6-20-46)60-28-10-14-32-64(60)74/h1-44H. The fourth-order valence-corrected chi connectivity index (χ4v) is 12.6. The van der Waals surface area contributed by atoms with E-state index >= 15 is 0 Å². The molecule has 16 rings (SSSR count). The van der Waals surface area contributed by atoms with E-state index in [1.54, 1.807) is 0 Å². The van der Waals surface area contributed by atoms with E-state index in [1.807, 2.05) is 0 Å². The molecule has 0 radical (unpaired) electrons. The Labute approximate surface area is 437 Å². The van der Waals surface area contributed by atoms with Crippen LogP contribution in [0.5, 0.6) is 0 Å². The molecule has 0 amide bonds. The molecule has 2 heterocycles. The predicted molar refractivity (Wildman–Crippen MR) is 321 cm³/mol. The molecule has 0 fully saturated rings. The summed E-state index contributed by atoms with van der Waals surface area (Å²) in [5.74, 6) is 0. The Bertz CT molecular complexity index is 4610. The second-order valence-corrected chi connectivity index (χ2v) is 20.2. The molecule has 0 saturated heterocycles. The lowest BCUT2D eigenvalue weighted by Crippen LogP contribution is -1.91. The fraction of sp³-hybridized carbons (Fsp3) is 0. The SMILES string of the molecule is c1ccc(-c2c3ccccc3c(-c3cccc(-c4ccc5c(c4)oc4cc6cc7oc8cc(-c9cccc(-c%10c%11ccccc%11c(-c%11ccccc%11)c%11ccccc%10%11)c9)ccc8c7cc6cc45)c3)c3ccccc23)cc1. The molecule has 0 spiro atoms. The Morgan fingerprint density at radius 3 is 0.803 bits per heavy atom. The fourth-order valence-electron chi connectivity index (χ4n) is 12.6. The molecular formula is C74H44O2. The van der Waals surface area contributed by atoms with Gasteiger partial charge in [-0.2, -0.15) is 0 Å². The summed E-state index contributed by atoms with van der Waals surface area (Å²) in [5, 5.41) is 16.6. The maximum atomic E-state index is 6.73. The first kappa shape index (κ1) is 42.5. The van der Waals surface area contributed by atoms with Gasteiger partial charge in [0.25, 0.3) is 0 Å². The summed E-state index contributed by atoms with van der Waals surface area (Å²) in [6.45, 7) is 0. The smallest absolute Gasteiger partial charge is 0.136 e. The van der Waals surface area contributed by atoms with Crippen molar-refractivity contribution in [3.05, 3.63) is 267 Å². The normalized spacial score (nSPS) is 11.9. The Kier molecular flexibility index (Phi) is 9.37. The van der Waals surface area contributed by atoms with Crippen molar-refractivity contribution >= 4 is 97.7 Å². The van der Waals surface area contributed by atoms with Gasteiger partial charge in [-0.05, 0) is 181 Å². The molecule has 0 aliphatic heterocycles. The minimum absolute atomic E-state index is 0.859. The summed E-state index contributed by atoms with van der Waals surface area (Å²) in [5.41, 5.74) is 17.8. The minimum Gasteiger partial charge on any atom is -0.456 e. The predicted octanol–water partition coefficient (Wildman–Crippen LogP) is 21.3. The van der Waals surface area contributed by atoms with Crippen molar-refractivity contribution in [3.63, 3.8) is 0 Å². The van der Waals surface area contributed by atoms with Gasteiger partial charge in [0.15, 0.2) is 0 Å². The van der Waals surface area contributed by atoms with Gasteiger partial charge in [-0.3, -0.25) is 0 Å². The van der Waals surface area contributed by atoms with Crippen LogP contribution in [0.25, 0.3) is 165 Å². The van der Waals surface area contributed by atoms with Crippen LogP contribution in [-0.4, -0.2) is 0 Å². The van der Waals surface area contributed by atoms with Crippen LogP contribution in [0.2, 0.25) is 0 Å². The minimum atomic E-state index is 0.859. The van der Waals surface area contributed by atoms with E-state index in [4.69, 9.17) is 8.83 Å². The zero-order chi connectivity index (χ0) is 49.8. The molecule has 0 unspecified atom stereocenters. The number of furan rings is 2. The second kappa shape index (κ2) is 16.8. The molecule has 0 atom stereocenters. The van der Waals surface area contributed by atoms with Crippen molar-refractivity contribution in [1.82, 2.24) is 0 Å². The number of fused-ring (bicyclic) bond motifs is 11. The highest BCUT2D eigenvalue weighted by molar-refractivity contribution is 6.23. The second-order valence-electron chi connectivity index (χ2n) is 20.2. The van der Waals surface area contributed by atoms with Crippen molar-refractivity contribution < 1.29 is 8.83 Å². The van der Waals surface area contributed by atoms with Gasteiger partial charge in [-0.1, -0.05) is 206 Å². The van der Waals surface area contributed by atoms with Crippen molar-refractivity contribution in [2.45, 2.75) is 0 Å². The van der Waals surface area contributed by atoms with E-state index in [2.05, 4.69) is 267 Å². The van der Waals surface area contributed by atoms with Gasteiger partial charge in [0.05, 0.1) is 0 Å². The van der Waals surface area contributed by atoms with Crippen molar-refractivity contribution in [2.75, 3.05) is 0 Å². The molecule has 0 bridgehead atoms. The first-order valence-electron chi connectivity index (χ1n) is 26.1. The lowest BCUT2D eigenvalue weighted by atomic mass is 9.85. The van der Waals surface area contributed by atoms with Crippen LogP contribution in [-0.2, 0) is 0 Å². The van der Waals surface area contributed by atoms with Crippen LogP contribution in [0.1, 0.15) is 0 Å². The Morgan fingerprint density at radius 2 is 0.434 bits per heavy atom. The highest BCUT2D eigenvalue weighted by atomic mass is 16.3. The molecular weight excluding hydrogens is 921 g/mol. The van der Waals surface area contributed by atoms with E-state index in [0.29, 0.717) is 0 Å². The van der Waals surface area contributed by atoms with Crippen LogP contribution < -0.4 is 0 Å². The summed E-state index contributed by atoms with van der Waals surface area (Å²) in [7, 11) is 0. The molecule has 0 saturated carbocycles. The number of rotatable bonds is 6. The molecule has 14 aromatic carbocycles. The van der Waals surface area contributed by atoms with E-state index in [1.165, 1.54) is 87.6 Å². The summed E-state index contributed by atoms with van der Waals surface area (Å²) in [6.07, 6.45) is 0. The Balaban J connectivity index is 0.754. The van der Waals surface area contributed by atoms with Gasteiger partial charge < -0.3 is 8.83 Å². The maximum Gasteiger partial charge on any atom is 0.136 e. The maximum absolute atomic E-state index is 6.73. The van der Waals surface area contributed by atoms with Gasteiger partial charge in [0, 0.05) is 21.5 Å². The third-order valence-electron chi connectivity index (χ3n) is 16.0. The largest absolute Gasteiger partial charge is 0.456 e. The summed E-state index contributed by atoms with van der Waals surface area (Å²) < 4.78 is 13.5. The van der Waals surface area contributed by atoms with Crippen LogP contribution >= 0.6 is 0 Å². The zero-order valence-corrected chi connectivity index (χ0v) is 41.2. The number of benzene rings is 14.